The van der Waals surface area contributed by atoms with Crippen molar-refractivity contribution in [1.82, 2.24) is 15.1 Å². The average molecular weight is 396 g/mol. The first-order valence-electron chi connectivity index (χ1n) is 9.60. The van der Waals surface area contributed by atoms with Crippen molar-refractivity contribution in [3.8, 4) is 0 Å². The van der Waals surface area contributed by atoms with Crippen molar-refractivity contribution in [3.63, 3.8) is 0 Å². The number of halogens is 2. The van der Waals surface area contributed by atoms with Crippen LogP contribution in [0, 0.1) is 11.8 Å². The fourth-order valence-electron chi connectivity index (χ4n) is 4.17. The maximum Gasteiger partial charge on any atom is 0.222 e. The molecular formula is C18H35Cl2N3O2. The Morgan fingerprint density at radius 3 is 2.20 bits per heavy atom. The van der Waals surface area contributed by atoms with E-state index in [0.717, 1.165) is 77.2 Å². The number of carbonyl (C=O) groups is 1. The minimum absolute atomic E-state index is 0. The molecule has 3 heterocycles. The van der Waals surface area contributed by atoms with Gasteiger partial charge in [0.05, 0.1) is 13.2 Å². The molecule has 1 N–H and O–H groups in total. The highest BCUT2D eigenvalue weighted by atomic mass is 35.5. The summed E-state index contributed by atoms with van der Waals surface area (Å²) in [5, 5.41) is 3.40. The highest BCUT2D eigenvalue weighted by Crippen LogP contribution is 2.22. The molecule has 0 aromatic rings. The smallest absolute Gasteiger partial charge is 0.222 e. The van der Waals surface area contributed by atoms with E-state index in [1.54, 1.807) is 0 Å². The highest BCUT2D eigenvalue weighted by molar-refractivity contribution is 5.85. The Labute approximate surface area is 165 Å². The summed E-state index contributed by atoms with van der Waals surface area (Å²) in [5.74, 6) is 1.92. The number of nitrogens with one attached hydrogen (secondary N) is 1. The molecule has 3 saturated heterocycles. The molecule has 5 nitrogen and oxygen atoms in total. The summed E-state index contributed by atoms with van der Waals surface area (Å²) in [6.45, 7) is 9.32. The van der Waals surface area contributed by atoms with Crippen LogP contribution < -0.4 is 5.32 Å². The molecule has 0 radical (unpaired) electrons. The molecule has 0 aromatic carbocycles. The van der Waals surface area contributed by atoms with Crippen LogP contribution in [0.3, 0.4) is 0 Å². The van der Waals surface area contributed by atoms with Gasteiger partial charge < -0.3 is 15.0 Å². The van der Waals surface area contributed by atoms with Crippen LogP contribution in [0.4, 0.5) is 0 Å². The summed E-state index contributed by atoms with van der Waals surface area (Å²) in [7, 11) is 0. The molecule has 3 rings (SSSR count). The number of nitrogens with zero attached hydrogens (tertiary/aromatic N) is 2. The van der Waals surface area contributed by atoms with Crippen LogP contribution in [-0.2, 0) is 9.53 Å². The molecule has 0 aromatic heterocycles. The molecule has 0 atom stereocenters. The number of carbonyl (C=O) groups excluding carboxylic acids is 1. The van der Waals surface area contributed by atoms with Gasteiger partial charge in [0.25, 0.3) is 0 Å². The number of piperidine rings is 2. The van der Waals surface area contributed by atoms with Crippen molar-refractivity contribution < 1.29 is 9.53 Å². The second-order valence-corrected chi connectivity index (χ2v) is 7.47. The molecule has 0 spiro atoms. The van der Waals surface area contributed by atoms with Gasteiger partial charge in [-0.25, -0.2) is 0 Å². The molecular weight excluding hydrogens is 361 g/mol. The Kier molecular flexibility index (Phi) is 11.3. The lowest BCUT2D eigenvalue weighted by Gasteiger charge is -2.36. The van der Waals surface area contributed by atoms with Gasteiger partial charge in [0.1, 0.15) is 0 Å². The predicted molar refractivity (Wildman–Crippen MR) is 106 cm³/mol. The molecule has 7 heteroatoms. The topological polar surface area (TPSA) is 44.8 Å². The summed E-state index contributed by atoms with van der Waals surface area (Å²) in [6.07, 6.45) is 6.70. The Balaban J connectivity index is 0.00000156. The van der Waals surface area contributed by atoms with Crippen molar-refractivity contribution in [2.24, 2.45) is 11.8 Å². The molecule has 3 aliphatic rings. The number of rotatable bonds is 5. The van der Waals surface area contributed by atoms with Crippen LogP contribution in [0.25, 0.3) is 0 Å². The summed E-state index contributed by atoms with van der Waals surface area (Å²) < 4.78 is 5.42. The Morgan fingerprint density at radius 2 is 1.56 bits per heavy atom. The van der Waals surface area contributed by atoms with Crippen LogP contribution in [0.2, 0.25) is 0 Å². The molecule has 1 amide bonds. The van der Waals surface area contributed by atoms with Crippen molar-refractivity contribution in [3.05, 3.63) is 0 Å². The molecule has 0 aliphatic carbocycles. The van der Waals surface area contributed by atoms with Gasteiger partial charge in [-0.15, -0.1) is 24.8 Å². The van der Waals surface area contributed by atoms with Crippen LogP contribution in [-0.4, -0.2) is 74.7 Å². The predicted octanol–water partition coefficient (Wildman–Crippen LogP) is 2.18. The van der Waals surface area contributed by atoms with E-state index in [4.69, 9.17) is 4.74 Å². The molecule has 148 valence electrons. The minimum atomic E-state index is 0. The summed E-state index contributed by atoms with van der Waals surface area (Å²) in [5.41, 5.74) is 0. The van der Waals surface area contributed by atoms with Crippen LogP contribution >= 0.6 is 24.8 Å². The average Bonchev–Trinajstić information content (AvgIpc) is 2.62. The van der Waals surface area contributed by atoms with Gasteiger partial charge in [0.2, 0.25) is 5.91 Å². The Morgan fingerprint density at radius 1 is 0.920 bits per heavy atom. The van der Waals surface area contributed by atoms with Crippen LogP contribution in [0.15, 0.2) is 0 Å². The molecule has 25 heavy (non-hydrogen) atoms. The normalized spacial score (nSPS) is 23.6. The zero-order valence-corrected chi connectivity index (χ0v) is 16.9. The number of hydrogen-bond acceptors (Lipinski definition) is 4. The van der Waals surface area contributed by atoms with Crippen LogP contribution in [0.1, 0.15) is 38.5 Å². The molecule has 3 aliphatic heterocycles. The van der Waals surface area contributed by atoms with E-state index in [1.807, 2.05) is 0 Å². The van der Waals surface area contributed by atoms with Gasteiger partial charge in [-0.1, -0.05) is 0 Å². The van der Waals surface area contributed by atoms with Gasteiger partial charge >= 0.3 is 0 Å². The molecule has 0 saturated carbocycles. The number of ether oxygens (including phenoxy) is 1. The quantitative estimate of drug-likeness (QED) is 0.774. The number of morpholine rings is 1. The van der Waals surface area contributed by atoms with E-state index in [9.17, 15) is 4.79 Å². The zero-order valence-electron chi connectivity index (χ0n) is 15.3. The summed E-state index contributed by atoms with van der Waals surface area (Å²) in [6, 6.07) is 0. The second kappa shape index (κ2) is 12.3. The van der Waals surface area contributed by atoms with E-state index >= 15 is 0 Å². The fourth-order valence-corrected chi connectivity index (χ4v) is 4.17. The third-order valence-corrected chi connectivity index (χ3v) is 5.81. The third kappa shape index (κ3) is 7.59. The van der Waals surface area contributed by atoms with Gasteiger partial charge in [-0.05, 0) is 57.0 Å². The van der Waals surface area contributed by atoms with Gasteiger partial charge in [0, 0.05) is 39.1 Å². The second-order valence-electron chi connectivity index (χ2n) is 7.47. The standard InChI is InChI=1S/C18H33N3O2.2ClH/c22-18(2-1-16-3-7-19-8-4-16)21-9-5-17(6-10-21)15-20-11-13-23-14-12-20;;/h16-17,19H,1-15H2;2*1H. The minimum Gasteiger partial charge on any atom is -0.379 e. The van der Waals surface area contributed by atoms with Gasteiger partial charge in [0.15, 0.2) is 0 Å². The highest BCUT2D eigenvalue weighted by Gasteiger charge is 2.25. The molecule has 0 unspecified atom stereocenters. The summed E-state index contributed by atoms with van der Waals surface area (Å²) >= 11 is 0. The Bertz CT molecular complexity index is 367. The third-order valence-electron chi connectivity index (χ3n) is 5.81. The van der Waals surface area contributed by atoms with E-state index in [1.165, 1.54) is 32.2 Å². The molecule has 3 fully saturated rings. The van der Waals surface area contributed by atoms with Crippen LogP contribution in [0.5, 0.6) is 0 Å². The molecule has 0 bridgehead atoms. The lowest BCUT2D eigenvalue weighted by atomic mass is 9.92. The lowest BCUT2D eigenvalue weighted by Crippen LogP contribution is -2.44. The van der Waals surface area contributed by atoms with Gasteiger partial charge in [-0.2, -0.15) is 0 Å². The van der Waals surface area contributed by atoms with Gasteiger partial charge in [-0.3, -0.25) is 9.69 Å². The fraction of sp³-hybridized carbons (Fsp3) is 0.944. The largest absolute Gasteiger partial charge is 0.379 e. The van der Waals surface area contributed by atoms with Crippen molar-refractivity contribution in [2.75, 3.05) is 59.0 Å². The van der Waals surface area contributed by atoms with Crippen molar-refractivity contribution >= 4 is 30.7 Å². The number of amides is 1. The van der Waals surface area contributed by atoms with E-state index in [2.05, 4.69) is 15.1 Å². The van der Waals surface area contributed by atoms with E-state index in [-0.39, 0.29) is 24.8 Å². The zero-order chi connectivity index (χ0) is 15.9. The van der Waals surface area contributed by atoms with Crippen molar-refractivity contribution in [2.45, 2.75) is 38.5 Å². The first-order chi connectivity index (χ1) is 11.3. The number of likely N-dealkylation sites (tertiary alicyclic amines) is 1. The lowest BCUT2D eigenvalue weighted by molar-refractivity contribution is -0.133. The monoisotopic (exact) mass is 395 g/mol. The van der Waals surface area contributed by atoms with Crippen molar-refractivity contribution in [1.29, 1.82) is 0 Å². The first-order valence-corrected chi connectivity index (χ1v) is 9.60. The number of hydrogen-bond donors (Lipinski definition) is 1. The maximum atomic E-state index is 12.4. The Hall–Kier alpha value is -0.0700. The first kappa shape index (κ1) is 23.0. The maximum absolute atomic E-state index is 12.4. The summed E-state index contributed by atoms with van der Waals surface area (Å²) in [4.78, 5) is 17.1. The van der Waals surface area contributed by atoms with E-state index in [0.29, 0.717) is 5.91 Å². The SMILES string of the molecule is Cl.Cl.O=C(CCC1CCNCC1)N1CCC(CN2CCOCC2)CC1. The van der Waals surface area contributed by atoms with E-state index < -0.39 is 0 Å².